The zero-order chi connectivity index (χ0) is 15.2. The van der Waals surface area contributed by atoms with Gasteiger partial charge in [-0.05, 0) is 12.1 Å². The Morgan fingerprint density at radius 1 is 1.29 bits per heavy atom. The SMILES string of the molecule is COCCn1cccc1C(=O)N1CCN(CC(=O)O)CC1. The smallest absolute Gasteiger partial charge is 0.317 e. The lowest BCUT2D eigenvalue weighted by atomic mass is 10.2. The largest absolute Gasteiger partial charge is 0.480 e. The van der Waals surface area contributed by atoms with Crippen LogP contribution in [-0.4, -0.2) is 77.8 Å². The first-order valence-corrected chi connectivity index (χ1v) is 6.99. The molecule has 0 unspecified atom stereocenters. The summed E-state index contributed by atoms with van der Waals surface area (Å²) in [4.78, 5) is 26.8. The highest BCUT2D eigenvalue weighted by Crippen LogP contribution is 2.10. The fourth-order valence-electron chi connectivity index (χ4n) is 2.46. The maximum absolute atomic E-state index is 12.5. The Kier molecular flexibility index (Phi) is 5.35. The van der Waals surface area contributed by atoms with E-state index in [1.807, 2.05) is 27.8 Å². The first-order chi connectivity index (χ1) is 10.1. The van der Waals surface area contributed by atoms with E-state index in [0.29, 0.717) is 45.0 Å². The molecule has 1 aromatic rings. The van der Waals surface area contributed by atoms with E-state index >= 15 is 0 Å². The van der Waals surface area contributed by atoms with Gasteiger partial charge in [-0.3, -0.25) is 14.5 Å². The zero-order valence-corrected chi connectivity index (χ0v) is 12.2. The molecule has 0 spiro atoms. The van der Waals surface area contributed by atoms with E-state index in [-0.39, 0.29) is 12.5 Å². The van der Waals surface area contributed by atoms with Gasteiger partial charge in [0.1, 0.15) is 5.69 Å². The van der Waals surface area contributed by atoms with Crippen molar-refractivity contribution in [3.8, 4) is 0 Å². The predicted molar refractivity (Wildman–Crippen MR) is 76.3 cm³/mol. The molecule has 1 saturated heterocycles. The van der Waals surface area contributed by atoms with E-state index in [0.717, 1.165) is 0 Å². The number of hydrogen-bond acceptors (Lipinski definition) is 4. The molecular formula is C14H21N3O4. The minimum Gasteiger partial charge on any atom is -0.480 e. The van der Waals surface area contributed by atoms with E-state index < -0.39 is 5.97 Å². The lowest BCUT2D eigenvalue weighted by Gasteiger charge is -2.33. The Labute approximate surface area is 123 Å². The van der Waals surface area contributed by atoms with Crippen LogP contribution in [0, 0.1) is 0 Å². The molecule has 7 nitrogen and oxygen atoms in total. The molecule has 1 N–H and O–H groups in total. The van der Waals surface area contributed by atoms with Crippen LogP contribution >= 0.6 is 0 Å². The number of aromatic nitrogens is 1. The Hall–Kier alpha value is -1.86. The summed E-state index contributed by atoms with van der Waals surface area (Å²) in [5, 5.41) is 8.77. The minimum atomic E-state index is -0.830. The van der Waals surface area contributed by atoms with E-state index in [2.05, 4.69) is 0 Å². The molecule has 1 aliphatic heterocycles. The summed E-state index contributed by atoms with van der Waals surface area (Å²) in [6.45, 7) is 3.54. The number of carboxylic acids is 1. The number of nitrogens with zero attached hydrogens (tertiary/aromatic N) is 3. The molecule has 1 fully saturated rings. The van der Waals surface area contributed by atoms with E-state index in [1.165, 1.54) is 0 Å². The molecule has 0 radical (unpaired) electrons. The monoisotopic (exact) mass is 295 g/mol. The molecule has 7 heteroatoms. The summed E-state index contributed by atoms with van der Waals surface area (Å²) in [5.74, 6) is -0.839. The third kappa shape index (κ3) is 4.05. The van der Waals surface area contributed by atoms with Crippen molar-refractivity contribution in [2.75, 3.05) is 46.4 Å². The van der Waals surface area contributed by atoms with Crippen LogP contribution in [0.4, 0.5) is 0 Å². The Morgan fingerprint density at radius 2 is 2.00 bits per heavy atom. The fourth-order valence-corrected chi connectivity index (χ4v) is 2.46. The number of aliphatic carboxylic acids is 1. The number of carbonyl (C=O) groups is 2. The number of rotatable bonds is 6. The Morgan fingerprint density at radius 3 is 2.62 bits per heavy atom. The molecule has 0 aliphatic carbocycles. The summed E-state index contributed by atoms with van der Waals surface area (Å²) >= 11 is 0. The summed E-state index contributed by atoms with van der Waals surface area (Å²) in [6, 6.07) is 3.66. The Bertz CT molecular complexity index is 492. The molecule has 1 aromatic heterocycles. The number of hydrogen-bond donors (Lipinski definition) is 1. The van der Waals surface area contributed by atoms with Gasteiger partial charge in [-0.15, -0.1) is 0 Å². The lowest BCUT2D eigenvalue weighted by Crippen LogP contribution is -2.50. The zero-order valence-electron chi connectivity index (χ0n) is 12.2. The van der Waals surface area contributed by atoms with Crippen LogP contribution in [0.3, 0.4) is 0 Å². The third-order valence-electron chi connectivity index (χ3n) is 3.60. The number of carbonyl (C=O) groups excluding carboxylic acids is 1. The van der Waals surface area contributed by atoms with Crippen molar-refractivity contribution >= 4 is 11.9 Å². The molecule has 1 aliphatic rings. The maximum Gasteiger partial charge on any atom is 0.317 e. The van der Waals surface area contributed by atoms with Crippen LogP contribution in [0.1, 0.15) is 10.5 Å². The van der Waals surface area contributed by atoms with Gasteiger partial charge in [-0.1, -0.05) is 0 Å². The van der Waals surface area contributed by atoms with Crippen LogP contribution in [0.15, 0.2) is 18.3 Å². The van der Waals surface area contributed by atoms with Crippen molar-refractivity contribution in [3.05, 3.63) is 24.0 Å². The average molecular weight is 295 g/mol. The van der Waals surface area contributed by atoms with Crippen molar-refractivity contribution in [1.82, 2.24) is 14.4 Å². The second-order valence-electron chi connectivity index (χ2n) is 5.04. The highest BCUT2D eigenvalue weighted by molar-refractivity contribution is 5.92. The maximum atomic E-state index is 12.5. The van der Waals surface area contributed by atoms with E-state index in [4.69, 9.17) is 9.84 Å². The molecular weight excluding hydrogens is 274 g/mol. The summed E-state index contributed by atoms with van der Waals surface area (Å²) < 4.78 is 6.92. The first kappa shape index (κ1) is 15.5. The summed E-state index contributed by atoms with van der Waals surface area (Å²) in [6.07, 6.45) is 1.87. The molecule has 2 rings (SSSR count). The van der Waals surface area contributed by atoms with Crippen molar-refractivity contribution in [1.29, 1.82) is 0 Å². The molecule has 0 bridgehead atoms. The molecule has 116 valence electrons. The topological polar surface area (TPSA) is 75.0 Å². The molecule has 2 heterocycles. The molecule has 0 saturated carbocycles. The number of ether oxygens (including phenoxy) is 1. The second-order valence-corrected chi connectivity index (χ2v) is 5.04. The average Bonchev–Trinajstić information content (AvgIpc) is 2.93. The minimum absolute atomic E-state index is 0.00826. The number of piperazine rings is 1. The second kappa shape index (κ2) is 7.24. The van der Waals surface area contributed by atoms with E-state index in [9.17, 15) is 9.59 Å². The highest BCUT2D eigenvalue weighted by Gasteiger charge is 2.24. The standard InChI is InChI=1S/C14H21N3O4/c1-21-10-9-16-4-2-3-12(16)14(20)17-7-5-15(6-8-17)11-13(18)19/h2-4H,5-11H2,1H3,(H,18,19). The van der Waals surface area contributed by atoms with Gasteiger partial charge in [0, 0.05) is 46.0 Å². The number of methoxy groups -OCH3 is 1. The van der Waals surface area contributed by atoms with Crippen molar-refractivity contribution in [3.63, 3.8) is 0 Å². The first-order valence-electron chi connectivity index (χ1n) is 6.99. The Balaban J connectivity index is 1.93. The quantitative estimate of drug-likeness (QED) is 0.798. The van der Waals surface area contributed by atoms with Crippen LogP contribution in [0.2, 0.25) is 0 Å². The van der Waals surface area contributed by atoms with Gasteiger partial charge in [0.05, 0.1) is 13.2 Å². The van der Waals surface area contributed by atoms with Gasteiger partial charge in [-0.2, -0.15) is 0 Å². The van der Waals surface area contributed by atoms with Gasteiger partial charge < -0.3 is 19.3 Å². The van der Waals surface area contributed by atoms with Gasteiger partial charge in [0.15, 0.2) is 0 Å². The van der Waals surface area contributed by atoms with Gasteiger partial charge >= 0.3 is 5.97 Å². The third-order valence-corrected chi connectivity index (χ3v) is 3.60. The normalized spacial score (nSPS) is 16.1. The lowest BCUT2D eigenvalue weighted by molar-refractivity contribution is -0.138. The van der Waals surface area contributed by atoms with Crippen LogP contribution in [0.5, 0.6) is 0 Å². The van der Waals surface area contributed by atoms with Crippen LogP contribution in [0.25, 0.3) is 0 Å². The molecule has 1 amide bonds. The fraction of sp³-hybridized carbons (Fsp3) is 0.571. The number of amides is 1. The summed E-state index contributed by atoms with van der Waals surface area (Å²) in [7, 11) is 1.63. The van der Waals surface area contributed by atoms with Gasteiger partial charge in [-0.25, -0.2) is 0 Å². The predicted octanol–water partition coefficient (Wildman–Crippen LogP) is -0.0231. The van der Waals surface area contributed by atoms with Crippen molar-refractivity contribution < 1.29 is 19.4 Å². The van der Waals surface area contributed by atoms with E-state index in [1.54, 1.807) is 12.0 Å². The van der Waals surface area contributed by atoms with Gasteiger partial charge in [0.25, 0.3) is 5.91 Å². The van der Waals surface area contributed by atoms with Crippen LogP contribution < -0.4 is 0 Å². The molecule has 0 aromatic carbocycles. The van der Waals surface area contributed by atoms with Crippen molar-refractivity contribution in [2.24, 2.45) is 0 Å². The van der Waals surface area contributed by atoms with Crippen molar-refractivity contribution in [2.45, 2.75) is 6.54 Å². The molecule has 0 atom stereocenters. The highest BCUT2D eigenvalue weighted by atomic mass is 16.5. The molecule has 21 heavy (non-hydrogen) atoms. The summed E-state index contributed by atoms with van der Waals surface area (Å²) in [5.41, 5.74) is 0.652. The van der Waals surface area contributed by atoms with Crippen LogP contribution in [-0.2, 0) is 16.1 Å². The van der Waals surface area contributed by atoms with Gasteiger partial charge in [0.2, 0.25) is 0 Å². The number of carboxylic acid groups (broad SMARTS) is 1.